The number of likely N-dealkylation sites (N-methyl/N-ethyl adjacent to an activating group) is 1. The average Bonchev–Trinajstić information content (AvgIpc) is 2.60. The van der Waals surface area contributed by atoms with Crippen molar-refractivity contribution in [2.45, 2.75) is 25.6 Å². The molecule has 7 nitrogen and oxygen atoms in total. The van der Waals surface area contributed by atoms with Crippen molar-refractivity contribution < 1.29 is 19.1 Å². The van der Waals surface area contributed by atoms with E-state index < -0.39 is 6.09 Å². The lowest BCUT2D eigenvalue weighted by Gasteiger charge is -2.13. The molecule has 26 heavy (non-hydrogen) atoms. The van der Waals surface area contributed by atoms with E-state index in [0.29, 0.717) is 25.5 Å². The average molecular weight is 430 g/mol. The van der Waals surface area contributed by atoms with Crippen molar-refractivity contribution in [1.82, 2.24) is 16.0 Å². The summed E-state index contributed by atoms with van der Waals surface area (Å²) in [5.74, 6) is 0.409. The molecule has 0 aliphatic rings. The van der Waals surface area contributed by atoms with E-state index >= 15 is 0 Å². The summed E-state index contributed by atoms with van der Waals surface area (Å²) >= 11 is 3.41. The lowest BCUT2D eigenvalue weighted by molar-refractivity contribution is -0.121. The molecule has 2 amide bonds. The molecule has 1 rings (SSSR count). The van der Waals surface area contributed by atoms with E-state index in [1.807, 2.05) is 33.0 Å². The molecular formula is C18H28BrN3O4. The minimum absolute atomic E-state index is 0.142. The predicted octanol–water partition coefficient (Wildman–Crippen LogP) is 2.03. The van der Waals surface area contributed by atoms with E-state index in [1.54, 1.807) is 0 Å². The number of carbonyl (C=O) groups is 2. The van der Waals surface area contributed by atoms with Crippen molar-refractivity contribution in [3.05, 3.63) is 28.8 Å². The monoisotopic (exact) mass is 429 g/mol. The number of hydrogen-bond donors (Lipinski definition) is 3. The summed E-state index contributed by atoms with van der Waals surface area (Å²) in [6.07, 6.45) is -0.377. The Balaban J connectivity index is 2.25. The molecule has 0 saturated heterocycles. The van der Waals surface area contributed by atoms with Gasteiger partial charge in [-0.2, -0.15) is 0 Å². The van der Waals surface area contributed by atoms with Crippen LogP contribution in [0.3, 0.4) is 0 Å². The Hall–Kier alpha value is -1.64. The molecule has 0 fully saturated rings. The Labute approximate surface area is 163 Å². The molecule has 3 N–H and O–H groups in total. The molecule has 0 unspecified atom stereocenters. The molecule has 146 valence electrons. The number of benzene rings is 1. The molecule has 0 heterocycles. The van der Waals surface area contributed by atoms with Gasteiger partial charge in [0.2, 0.25) is 5.91 Å². The molecule has 0 aliphatic carbocycles. The molecule has 0 aliphatic heterocycles. The maximum absolute atomic E-state index is 11.9. The SMILES string of the molecule is CNCCOCCNC(=O)CCNC(=O)Oc1c(C)cc(CBr)cc1C. The topological polar surface area (TPSA) is 88.7 Å². The summed E-state index contributed by atoms with van der Waals surface area (Å²) in [4.78, 5) is 23.6. The molecule has 0 bridgehead atoms. The van der Waals surface area contributed by atoms with Crippen LogP contribution in [-0.4, -0.2) is 51.9 Å². The lowest BCUT2D eigenvalue weighted by Crippen LogP contribution is -2.33. The third kappa shape index (κ3) is 8.64. The zero-order valence-electron chi connectivity index (χ0n) is 15.6. The van der Waals surface area contributed by atoms with Crippen LogP contribution in [0.15, 0.2) is 12.1 Å². The van der Waals surface area contributed by atoms with E-state index in [9.17, 15) is 9.59 Å². The smallest absolute Gasteiger partial charge is 0.410 e. The van der Waals surface area contributed by atoms with Crippen molar-refractivity contribution in [3.63, 3.8) is 0 Å². The second-order valence-electron chi connectivity index (χ2n) is 5.82. The molecule has 1 aromatic carbocycles. The number of aryl methyl sites for hydroxylation is 2. The largest absolute Gasteiger partial charge is 0.412 e. The van der Waals surface area contributed by atoms with E-state index in [2.05, 4.69) is 31.9 Å². The highest BCUT2D eigenvalue weighted by Gasteiger charge is 2.11. The zero-order chi connectivity index (χ0) is 19.4. The molecular weight excluding hydrogens is 402 g/mol. The second-order valence-corrected chi connectivity index (χ2v) is 6.39. The van der Waals surface area contributed by atoms with Crippen molar-refractivity contribution >= 4 is 27.9 Å². The third-order valence-corrected chi connectivity index (χ3v) is 4.20. The fourth-order valence-corrected chi connectivity index (χ4v) is 2.64. The van der Waals surface area contributed by atoms with Crippen molar-refractivity contribution in [1.29, 1.82) is 0 Å². The van der Waals surface area contributed by atoms with Crippen LogP contribution in [0.1, 0.15) is 23.1 Å². The fraction of sp³-hybridized carbons (Fsp3) is 0.556. The second kappa shape index (κ2) is 12.7. The van der Waals surface area contributed by atoms with Crippen LogP contribution in [0.25, 0.3) is 0 Å². The van der Waals surface area contributed by atoms with E-state index in [0.717, 1.165) is 28.6 Å². The first-order chi connectivity index (χ1) is 12.5. The summed E-state index contributed by atoms with van der Waals surface area (Å²) in [5.41, 5.74) is 2.91. The van der Waals surface area contributed by atoms with Crippen molar-refractivity contribution in [3.8, 4) is 5.75 Å². The summed E-state index contributed by atoms with van der Waals surface area (Å²) in [5, 5.41) is 9.04. The Morgan fingerprint density at radius 1 is 1.04 bits per heavy atom. The van der Waals surface area contributed by atoms with Crippen LogP contribution in [0.4, 0.5) is 4.79 Å². The van der Waals surface area contributed by atoms with Gasteiger partial charge in [-0.25, -0.2) is 4.79 Å². The highest BCUT2D eigenvalue weighted by molar-refractivity contribution is 9.08. The van der Waals surface area contributed by atoms with Gasteiger partial charge >= 0.3 is 6.09 Å². The summed E-state index contributed by atoms with van der Waals surface area (Å²) in [6, 6.07) is 3.94. The molecule has 0 radical (unpaired) electrons. The number of halogens is 1. The van der Waals surface area contributed by atoms with Gasteiger partial charge in [-0.05, 0) is 37.6 Å². The zero-order valence-corrected chi connectivity index (χ0v) is 17.2. The number of hydrogen-bond acceptors (Lipinski definition) is 5. The Morgan fingerprint density at radius 3 is 2.31 bits per heavy atom. The first-order valence-electron chi connectivity index (χ1n) is 8.58. The molecule has 0 atom stereocenters. The Morgan fingerprint density at radius 2 is 1.69 bits per heavy atom. The summed E-state index contributed by atoms with van der Waals surface area (Å²) in [6.45, 7) is 6.30. The first-order valence-corrected chi connectivity index (χ1v) is 9.71. The van der Waals surface area contributed by atoms with Gasteiger partial charge < -0.3 is 25.4 Å². The number of ether oxygens (including phenoxy) is 2. The van der Waals surface area contributed by atoms with Crippen LogP contribution in [-0.2, 0) is 14.9 Å². The number of amides is 2. The van der Waals surface area contributed by atoms with E-state index in [-0.39, 0.29) is 18.9 Å². The van der Waals surface area contributed by atoms with Crippen LogP contribution < -0.4 is 20.7 Å². The maximum atomic E-state index is 11.9. The third-order valence-electron chi connectivity index (χ3n) is 3.56. The van der Waals surface area contributed by atoms with Gasteiger partial charge in [0.15, 0.2) is 0 Å². The van der Waals surface area contributed by atoms with Gasteiger partial charge in [0, 0.05) is 31.4 Å². The lowest BCUT2D eigenvalue weighted by atomic mass is 10.1. The van der Waals surface area contributed by atoms with Gasteiger partial charge in [-0.15, -0.1) is 0 Å². The maximum Gasteiger partial charge on any atom is 0.412 e. The highest BCUT2D eigenvalue weighted by Crippen LogP contribution is 2.25. The molecule has 0 spiro atoms. The van der Waals surface area contributed by atoms with Gasteiger partial charge in [0.1, 0.15) is 5.75 Å². The predicted molar refractivity (Wildman–Crippen MR) is 105 cm³/mol. The Bertz CT molecular complexity index is 573. The Kier molecular flexibility index (Phi) is 10.9. The van der Waals surface area contributed by atoms with Gasteiger partial charge in [0.05, 0.1) is 13.2 Å². The van der Waals surface area contributed by atoms with E-state index in [4.69, 9.17) is 9.47 Å². The highest BCUT2D eigenvalue weighted by atomic mass is 79.9. The minimum Gasteiger partial charge on any atom is -0.410 e. The van der Waals surface area contributed by atoms with Crippen LogP contribution >= 0.6 is 15.9 Å². The minimum atomic E-state index is -0.564. The number of nitrogens with one attached hydrogen (secondary N) is 3. The molecule has 0 aromatic heterocycles. The van der Waals surface area contributed by atoms with Gasteiger partial charge in [0.25, 0.3) is 0 Å². The van der Waals surface area contributed by atoms with Crippen LogP contribution in [0.2, 0.25) is 0 Å². The van der Waals surface area contributed by atoms with Gasteiger partial charge in [-0.3, -0.25) is 4.79 Å². The molecule has 0 saturated carbocycles. The van der Waals surface area contributed by atoms with E-state index in [1.165, 1.54) is 0 Å². The number of alkyl halides is 1. The standard InChI is InChI=1S/C18H28BrN3O4/c1-13-10-15(12-19)11-14(2)17(13)26-18(24)22-5-4-16(23)21-7-9-25-8-6-20-3/h10-11,20H,4-9,12H2,1-3H3,(H,21,23)(H,22,24). The van der Waals surface area contributed by atoms with Crippen LogP contribution in [0, 0.1) is 13.8 Å². The fourth-order valence-electron chi connectivity index (χ4n) is 2.31. The van der Waals surface area contributed by atoms with Gasteiger partial charge in [-0.1, -0.05) is 28.1 Å². The van der Waals surface area contributed by atoms with Crippen molar-refractivity contribution in [2.75, 3.05) is 39.9 Å². The first kappa shape index (κ1) is 22.4. The normalized spacial score (nSPS) is 10.5. The molecule has 8 heteroatoms. The molecule has 1 aromatic rings. The summed E-state index contributed by atoms with van der Waals surface area (Å²) < 4.78 is 10.7. The van der Waals surface area contributed by atoms with Crippen molar-refractivity contribution in [2.24, 2.45) is 0 Å². The number of carbonyl (C=O) groups excluding carboxylic acids is 2. The number of rotatable bonds is 11. The van der Waals surface area contributed by atoms with Crippen LogP contribution in [0.5, 0.6) is 5.75 Å². The quantitative estimate of drug-likeness (QED) is 0.369. The summed E-state index contributed by atoms with van der Waals surface area (Å²) in [7, 11) is 1.85.